The Kier molecular flexibility index (Phi) is 1.67. The Hall–Kier alpha value is -1.56. The summed E-state index contributed by atoms with van der Waals surface area (Å²) in [5.74, 6) is 0.872. The highest BCUT2D eigenvalue weighted by Gasteiger charge is 2.20. The van der Waals surface area contributed by atoms with Gasteiger partial charge in [-0.25, -0.2) is 4.98 Å². The average molecular weight is 159 g/mol. The van der Waals surface area contributed by atoms with Crippen LogP contribution >= 0.6 is 0 Å². The first-order valence-corrected chi connectivity index (χ1v) is 4.01. The lowest BCUT2D eigenvalue weighted by Gasteiger charge is -2.01. The smallest absolute Gasteiger partial charge is 0.126 e. The molecule has 2 rings (SSSR count). The van der Waals surface area contributed by atoms with Crippen LogP contribution in [0.15, 0.2) is 18.3 Å². The highest BCUT2D eigenvalue weighted by atomic mass is 15.0. The number of anilines is 1. The third-order valence-corrected chi connectivity index (χ3v) is 1.82. The molecule has 1 aliphatic carbocycles. The van der Waals surface area contributed by atoms with Gasteiger partial charge in [0.25, 0.3) is 0 Å². The van der Waals surface area contributed by atoms with Crippen molar-refractivity contribution in [2.24, 2.45) is 0 Å². The molecule has 60 valence electrons. The lowest BCUT2D eigenvalue weighted by molar-refractivity contribution is 1.11. The van der Waals surface area contributed by atoms with Crippen molar-refractivity contribution in [3.8, 4) is 6.07 Å². The fraction of sp³-hybridized carbons (Fsp3) is 0.333. The molecule has 0 atom stereocenters. The molecule has 0 spiro atoms. The van der Waals surface area contributed by atoms with Gasteiger partial charge in [0.05, 0.1) is 5.56 Å². The van der Waals surface area contributed by atoms with Gasteiger partial charge >= 0.3 is 0 Å². The van der Waals surface area contributed by atoms with Crippen molar-refractivity contribution < 1.29 is 0 Å². The van der Waals surface area contributed by atoms with Gasteiger partial charge in [-0.3, -0.25) is 0 Å². The molecule has 1 heterocycles. The lowest BCUT2D eigenvalue weighted by Crippen LogP contribution is -2.02. The minimum Gasteiger partial charge on any atom is -0.367 e. The molecule has 3 nitrogen and oxygen atoms in total. The molecular weight excluding hydrogens is 150 g/mol. The Balaban J connectivity index is 2.08. The number of hydrogen-bond acceptors (Lipinski definition) is 3. The van der Waals surface area contributed by atoms with Crippen molar-refractivity contribution >= 4 is 5.82 Å². The molecule has 0 amide bonds. The summed E-state index contributed by atoms with van der Waals surface area (Å²) in [6, 6.07) is 6.27. The van der Waals surface area contributed by atoms with E-state index in [-0.39, 0.29) is 0 Å². The molecule has 1 aliphatic rings. The maximum Gasteiger partial charge on any atom is 0.126 e. The van der Waals surface area contributed by atoms with Gasteiger partial charge in [-0.2, -0.15) is 5.26 Å². The van der Waals surface area contributed by atoms with Crippen molar-refractivity contribution in [3.05, 3.63) is 23.9 Å². The molecule has 1 fully saturated rings. The zero-order chi connectivity index (χ0) is 8.39. The number of nitriles is 1. The van der Waals surface area contributed by atoms with Crippen molar-refractivity contribution in [1.29, 1.82) is 5.26 Å². The predicted octanol–water partition coefficient (Wildman–Crippen LogP) is 1.53. The van der Waals surface area contributed by atoms with E-state index in [4.69, 9.17) is 5.26 Å². The minimum atomic E-state index is 0.608. The molecular formula is C9H9N3. The Labute approximate surface area is 71.0 Å². The normalized spacial score (nSPS) is 15.2. The number of aromatic nitrogens is 1. The molecule has 1 N–H and O–H groups in total. The van der Waals surface area contributed by atoms with Crippen molar-refractivity contribution in [1.82, 2.24) is 4.98 Å². The van der Waals surface area contributed by atoms with E-state index in [0.717, 1.165) is 5.82 Å². The van der Waals surface area contributed by atoms with E-state index in [0.29, 0.717) is 11.6 Å². The number of pyridine rings is 1. The molecule has 12 heavy (non-hydrogen) atoms. The molecule has 0 saturated heterocycles. The molecule has 1 aromatic rings. The molecule has 1 saturated carbocycles. The molecule has 0 bridgehead atoms. The summed E-state index contributed by atoms with van der Waals surface area (Å²) in [6.07, 6.45) is 4.06. The summed E-state index contributed by atoms with van der Waals surface area (Å²) >= 11 is 0. The van der Waals surface area contributed by atoms with Crippen LogP contribution < -0.4 is 5.32 Å². The largest absolute Gasteiger partial charge is 0.367 e. The van der Waals surface area contributed by atoms with Crippen LogP contribution in [0.3, 0.4) is 0 Å². The number of nitrogens with zero attached hydrogens (tertiary/aromatic N) is 2. The summed E-state index contributed by atoms with van der Waals surface area (Å²) in [6.45, 7) is 0. The van der Waals surface area contributed by atoms with Gasteiger partial charge in [-0.1, -0.05) is 0 Å². The molecule has 0 aromatic carbocycles. The van der Waals surface area contributed by atoms with Crippen molar-refractivity contribution in [2.75, 3.05) is 5.32 Å². The quantitative estimate of drug-likeness (QED) is 0.711. The summed E-state index contributed by atoms with van der Waals surface area (Å²) in [5.41, 5.74) is 0.608. The maximum atomic E-state index is 8.51. The van der Waals surface area contributed by atoms with Gasteiger partial charge in [0.2, 0.25) is 0 Å². The SMILES string of the molecule is N#Cc1ccc(NC2CC2)nc1. The number of rotatable bonds is 2. The minimum absolute atomic E-state index is 0.608. The van der Waals surface area contributed by atoms with E-state index in [1.807, 2.05) is 12.1 Å². The zero-order valence-corrected chi connectivity index (χ0v) is 6.62. The van der Waals surface area contributed by atoms with Gasteiger partial charge in [0, 0.05) is 12.2 Å². The van der Waals surface area contributed by atoms with E-state index in [1.165, 1.54) is 12.8 Å². The summed E-state index contributed by atoms with van der Waals surface area (Å²) in [5, 5.41) is 11.8. The summed E-state index contributed by atoms with van der Waals surface area (Å²) < 4.78 is 0. The molecule has 1 aromatic heterocycles. The van der Waals surface area contributed by atoms with Crippen molar-refractivity contribution in [2.45, 2.75) is 18.9 Å². The Morgan fingerprint density at radius 1 is 1.50 bits per heavy atom. The van der Waals surface area contributed by atoms with Crippen LogP contribution in [0.5, 0.6) is 0 Å². The highest BCUT2D eigenvalue weighted by molar-refractivity contribution is 5.40. The van der Waals surface area contributed by atoms with Crippen LogP contribution in [-0.2, 0) is 0 Å². The Bertz CT molecular complexity index is 306. The van der Waals surface area contributed by atoms with E-state index in [2.05, 4.69) is 10.3 Å². The predicted molar refractivity (Wildman–Crippen MR) is 45.6 cm³/mol. The van der Waals surface area contributed by atoms with Crippen LogP contribution in [0, 0.1) is 11.3 Å². The van der Waals surface area contributed by atoms with Crippen LogP contribution in [0.25, 0.3) is 0 Å². The first-order chi connectivity index (χ1) is 5.88. The van der Waals surface area contributed by atoms with Crippen LogP contribution in [0.4, 0.5) is 5.82 Å². The van der Waals surface area contributed by atoms with Crippen LogP contribution in [0.1, 0.15) is 18.4 Å². The fourth-order valence-electron chi connectivity index (χ4n) is 0.982. The van der Waals surface area contributed by atoms with Gasteiger partial charge in [0.1, 0.15) is 11.9 Å². The van der Waals surface area contributed by atoms with E-state index in [1.54, 1.807) is 12.3 Å². The van der Waals surface area contributed by atoms with E-state index < -0.39 is 0 Å². The topological polar surface area (TPSA) is 48.7 Å². The van der Waals surface area contributed by atoms with E-state index in [9.17, 15) is 0 Å². The summed E-state index contributed by atoms with van der Waals surface area (Å²) in [7, 11) is 0. The Morgan fingerprint density at radius 3 is 2.83 bits per heavy atom. The zero-order valence-electron chi connectivity index (χ0n) is 6.62. The summed E-state index contributed by atoms with van der Waals surface area (Å²) in [4.78, 5) is 4.10. The third-order valence-electron chi connectivity index (χ3n) is 1.82. The highest BCUT2D eigenvalue weighted by Crippen LogP contribution is 2.23. The third kappa shape index (κ3) is 1.54. The van der Waals surface area contributed by atoms with Crippen LogP contribution in [-0.4, -0.2) is 11.0 Å². The monoisotopic (exact) mass is 159 g/mol. The van der Waals surface area contributed by atoms with E-state index >= 15 is 0 Å². The molecule has 0 aliphatic heterocycles. The van der Waals surface area contributed by atoms with Gasteiger partial charge in [-0.05, 0) is 25.0 Å². The number of hydrogen-bond donors (Lipinski definition) is 1. The fourth-order valence-corrected chi connectivity index (χ4v) is 0.982. The first kappa shape index (κ1) is 7.11. The van der Waals surface area contributed by atoms with Crippen molar-refractivity contribution in [3.63, 3.8) is 0 Å². The van der Waals surface area contributed by atoms with Gasteiger partial charge < -0.3 is 5.32 Å². The second-order valence-electron chi connectivity index (χ2n) is 2.96. The lowest BCUT2D eigenvalue weighted by atomic mass is 10.3. The molecule has 0 unspecified atom stereocenters. The Morgan fingerprint density at radius 2 is 2.33 bits per heavy atom. The standard InChI is InChI=1S/C9H9N3/c10-5-7-1-4-9(11-6-7)12-8-2-3-8/h1,4,6,8H,2-3H2,(H,11,12). The van der Waals surface area contributed by atoms with Crippen LogP contribution in [0.2, 0.25) is 0 Å². The van der Waals surface area contributed by atoms with Gasteiger partial charge in [0.15, 0.2) is 0 Å². The second kappa shape index (κ2) is 2.82. The molecule has 0 radical (unpaired) electrons. The molecule has 3 heteroatoms. The number of nitrogens with one attached hydrogen (secondary N) is 1. The first-order valence-electron chi connectivity index (χ1n) is 4.01. The maximum absolute atomic E-state index is 8.51. The second-order valence-corrected chi connectivity index (χ2v) is 2.96. The van der Waals surface area contributed by atoms with Gasteiger partial charge in [-0.15, -0.1) is 0 Å². The average Bonchev–Trinajstić information content (AvgIpc) is 2.90.